The fourth-order valence-corrected chi connectivity index (χ4v) is 1.20. The first kappa shape index (κ1) is 25.0. The van der Waals surface area contributed by atoms with E-state index in [-0.39, 0.29) is 48.7 Å². The molecule has 0 bridgehead atoms. The fraction of sp³-hybridized carbons (Fsp3) is 0.222. The van der Waals surface area contributed by atoms with E-state index < -0.39 is 4.92 Å². The zero-order valence-electron chi connectivity index (χ0n) is 9.25. The van der Waals surface area contributed by atoms with Crippen molar-refractivity contribution in [3.05, 3.63) is 40.2 Å². The monoisotopic (exact) mass is 368 g/mol. The van der Waals surface area contributed by atoms with Crippen LogP contribution in [0.15, 0.2) is 22.7 Å². The minimum absolute atomic E-state index is 0. The summed E-state index contributed by atoms with van der Waals surface area (Å²) in [7, 11) is 0. The van der Waals surface area contributed by atoms with Crippen molar-refractivity contribution in [3.8, 4) is 0 Å². The van der Waals surface area contributed by atoms with Crippen LogP contribution in [0.1, 0.15) is 13.8 Å². The van der Waals surface area contributed by atoms with Gasteiger partial charge in [-0.2, -0.15) is 0 Å². The maximum atomic E-state index is 10.2. The van der Waals surface area contributed by atoms with Crippen LogP contribution in [0.2, 0.25) is 0 Å². The first-order valence-electron chi connectivity index (χ1n) is 3.80. The minimum Gasteiger partial charge on any atom is -0.398 e. The Hall–Kier alpha value is 0.00390. The Morgan fingerprint density at radius 1 is 1.31 bits per heavy atom. The first-order chi connectivity index (χ1) is 6.09. The molecule has 4 nitrogen and oxygen atoms in total. The number of halogens is 1. The number of nitrogens with zero attached hydrogens (tertiary/aromatic N) is 1. The molecule has 16 heavy (non-hydrogen) atoms. The molecular formula is C9H14BrFeN2O2V-. The largest absolute Gasteiger partial charge is 0.398 e. The van der Waals surface area contributed by atoms with Gasteiger partial charge in [-0.25, -0.2) is 0 Å². The van der Waals surface area contributed by atoms with Crippen molar-refractivity contribution in [1.82, 2.24) is 0 Å². The molecule has 0 aliphatic heterocycles. The summed E-state index contributed by atoms with van der Waals surface area (Å²) in [4.78, 5) is 9.75. The molecule has 0 saturated carbocycles. The molecule has 0 aliphatic carbocycles. The molecule has 1 aromatic carbocycles. The molecule has 0 aliphatic rings. The Balaban J connectivity index is -0.000000136. The predicted octanol–water partition coefficient (Wildman–Crippen LogP) is 3.41. The van der Waals surface area contributed by atoms with Gasteiger partial charge in [-0.05, 0) is 6.07 Å². The Morgan fingerprint density at radius 3 is 2.06 bits per heavy atom. The van der Waals surface area contributed by atoms with E-state index in [1.807, 2.05) is 13.8 Å². The standard InChI is InChI=1S/C6H5BrN2O2.C2H6.CH3.Fe.V/c7-4-1-5(8)3-6(2-4)9(10)11;1-2;;;/h1-3H,8H2;1-2H3;1H3;;/q;;-1;;. The summed E-state index contributed by atoms with van der Waals surface area (Å²) in [6.45, 7) is 4.00. The van der Waals surface area contributed by atoms with Crippen molar-refractivity contribution < 1.29 is 40.5 Å². The third-order valence-corrected chi connectivity index (χ3v) is 1.57. The van der Waals surface area contributed by atoms with E-state index in [9.17, 15) is 10.1 Å². The van der Waals surface area contributed by atoms with Crippen LogP contribution in [0.5, 0.6) is 0 Å². The van der Waals surface area contributed by atoms with Gasteiger partial charge in [0, 0.05) is 57.9 Å². The minimum atomic E-state index is -0.485. The molecule has 93 valence electrons. The zero-order valence-corrected chi connectivity index (χ0v) is 13.3. The van der Waals surface area contributed by atoms with E-state index >= 15 is 0 Å². The molecule has 2 N–H and O–H groups in total. The summed E-state index contributed by atoms with van der Waals surface area (Å²) in [6, 6.07) is 4.31. The second-order valence-electron chi connectivity index (χ2n) is 2.00. The number of nitrogens with two attached hydrogens (primary N) is 1. The van der Waals surface area contributed by atoms with Crippen LogP contribution in [0.3, 0.4) is 0 Å². The molecule has 1 radical (unpaired) electrons. The summed E-state index contributed by atoms with van der Waals surface area (Å²) >= 11 is 3.10. The van der Waals surface area contributed by atoms with Crippen molar-refractivity contribution in [2.24, 2.45) is 0 Å². The second kappa shape index (κ2) is 13.1. The molecule has 0 fully saturated rings. The van der Waals surface area contributed by atoms with Crippen LogP contribution in [0.4, 0.5) is 11.4 Å². The quantitative estimate of drug-likeness (QED) is 0.271. The molecule has 0 atom stereocenters. The zero-order chi connectivity index (χ0) is 10.4. The van der Waals surface area contributed by atoms with Gasteiger partial charge in [-0.3, -0.25) is 10.1 Å². The molecule has 0 unspecified atom stereocenters. The van der Waals surface area contributed by atoms with Gasteiger partial charge >= 0.3 is 0 Å². The van der Waals surface area contributed by atoms with E-state index in [2.05, 4.69) is 15.9 Å². The van der Waals surface area contributed by atoms with Gasteiger partial charge < -0.3 is 13.2 Å². The Labute approximate surface area is 127 Å². The normalized spacial score (nSPS) is 6.94. The van der Waals surface area contributed by atoms with Gasteiger partial charge in [0.2, 0.25) is 0 Å². The van der Waals surface area contributed by atoms with E-state index in [1.165, 1.54) is 12.1 Å². The third-order valence-electron chi connectivity index (χ3n) is 1.12. The van der Waals surface area contributed by atoms with Crippen LogP contribution >= 0.6 is 15.9 Å². The maximum absolute atomic E-state index is 10.2. The number of anilines is 1. The average Bonchev–Trinajstić information content (AvgIpc) is 2.06. The molecule has 1 rings (SSSR count). The Bertz CT molecular complexity index is 293. The van der Waals surface area contributed by atoms with E-state index in [1.54, 1.807) is 6.07 Å². The first-order valence-corrected chi connectivity index (χ1v) is 4.59. The van der Waals surface area contributed by atoms with Crippen LogP contribution in [-0.4, -0.2) is 4.92 Å². The fourth-order valence-electron chi connectivity index (χ4n) is 0.702. The summed E-state index contributed by atoms with van der Waals surface area (Å²) in [5.74, 6) is 0. The van der Waals surface area contributed by atoms with Crippen LogP contribution in [0, 0.1) is 17.5 Å². The third kappa shape index (κ3) is 9.25. The number of hydrogen-bond acceptors (Lipinski definition) is 3. The summed E-state index contributed by atoms with van der Waals surface area (Å²) < 4.78 is 0.615. The van der Waals surface area contributed by atoms with Crippen molar-refractivity contribution in [1.29, 1.82) is 0 Å². The second-order valence-corrected chi connectivity index (χ2v) is 2.92. The number of nitrogen functional groups attached to an aromatic ring is 1. The number of nitro groups is 1. The number of nitro benzene ring substituents is 1. The number of non-ortho nitro benzene ring substituents is 1. The summed E-state index contributed by atoms with van der Waals surface area (Å²) in [6.07, 6.45) is 0. The molecule has 7 heteroatoms. The van der Waals surface area contributed by atoms with Gasteiger partial charge in [0.15, 0.2) is 0 Å². The maximum Gasteiger partial charge on any atom is 0.272 e. The molecular weight excluding hydrogens is 355 g/mol. The van der Waals surface area contributed by atoms with Crippen molar-refractivity contribution in [2.45, 2.75) is 13.8 Å². The summed E-state index contributed by atoms with van der Waals surface area (Å²) in [5.41, 5.74) is 5.74. The summed E-state index contributed by atoms with van der Waals surface area (Å²) in [5, 5.41) is 10.2. The SMILES string of the molecule is CC.Nc1cc(Br)cc([N+](=O)[O-])c1.[CH3-].[Fe].[V]. The van der Waals surface area contributed by atoms with Crippen LogP contribution < -0.4 is 5.73 Å². The average molecular weight is 369 g/mol. The van der Waals surface area contributed by atoms with Crippen LogP contribution in [-0.2, 0) is 35.6 Å². The number of hydrogen-bond donors (Lipinski definition) is 1. The van der Waals surface area contributed by atoms with Gasteiger partial charge in [0.1, 0.15) is 0 Å². The molecule has 0 amide bonds. The molecule has 1 aromatic rings. The Kier molecular flexibility index (Phi) is 20.4. The molecule has 0 heterocycles. The topological polar surface area (TPSA) is 69.2 Å². The van der Waals surface area contributed by atoms with Crippen molar-refractivity contribution >= 4 is 27.3 Å². The predicted molar refractivity (Wildman–Crippen MR) is 63.0 cm³/mol. The van der Waals surface area contributed by atoms with Gasteiger partial charge in [-0.15, -0.1) is 0 Å². The van der Waals surface area contributed by atoms with Gasteiger partial charge in [-0.1, -0.05) is 29.8 Å². The number of benzene rings is 1. The van der Waals surface area contributed by atoms with E-state index in [0.717, 1.165) is 0 Å². The Morgan fingerprint density at radius 2 is 1.75 bits per heavy atom. The van der Waals surface area contributed by atoms with Gasteiger partial charge in [0.25, 0.3) is 5.69 Å². The van der Waals surface area contributed by atoms with Crippen molar-refractivity contribution in [3.63, 3.8) is 0 Å². The molecule has 0 saturated heterocycles. The van der Waals surface area contributed by atoms with Gasteiger partial charge in [0.05, 0.1) is 4.92 Å². The molecule has 0 spiro atoms. The molecule has 0 aromatic heterocycles. The smallest absolute Gasteiger partial charge is 0.272 e. The van der Waals surface area contributed by atoms with Crippen molar-refractivity contribution in [2.75, 3.05) is 5.73 Å². The van der Waals surface area contributed by atoms with E-state index in [0.29, 0.717) is 10.2 Å². The number of rotatable bonds is 1. The van der Waals surface area contributed by atoms with Crippen LogP contribution in [0.25, 0.3) is 0 Å². The van der Waals surface area contributed by atoms with E-state index in [4.69, 9.17) is 5.73 Å².